The molecule has 5 atom stereocenters. The van der Waals surface area contributed by atoms with E-state index >= 15 is 0 Å². The molecular formula is C29H32N4O8S. The van der Waals surface area contributed by atoms with Crippen LogP contribution in [-0.2, 0) is 38.1 Å². The highest BCUT2D eigenvalue weighted by atomic mass is 32.1. The molecule has 1 amide bonds. The summed E-state index contributed by atoms with van der Waals surface area (Å²) in [5.41, 5.74) is 2.53. The van der Waals surface area contributed by atoms with E-state index in [-0.39, 0.29) is 11.4 Å². The minimum atomic E-state index is -1.25. The van der Waals surface area contributed by atoms with Gasteiger partial charge >= 0.3 is 17.9 Å². The Balaban J connectivity index is 1.93. The molecule has 0 unspecified atom stereocenters. The molecule has 1 aliphatic heterocycles. The minimum absolute atomic E-state index is 0.205. The first-order chi connectivity index (χ1) is 20.0. The summed E-state index contributed by atoms with van der Waals surface area (Å²) < 4.78 is 26.1. The first kappa shape index (κ1) is 30.6. The quantitative estimate of drug-likeness (QED) is 0.234. The maximum atomic E-state index is 12.4. The molecule has 1 N–H and O–H groups in total. The van der Waals surface area contributed by atoms with Crippen LogP contribution in [0.4, 0.5) is 0 Å². The number of rotatable bonds is 8. The van der Waals surface area contributed by atoms with Crippen LogP contribution in [0.1, 0.15) is 39.5 Å². The van der Waals surface area contributed by atoms with Crippen LogP contribution >= 0.6 is 12.2 Å². The van der Waals surface area contributed by atoms with Gasteiger partial charge in [-0.3, -0.25) is 23.7 Å². The summed E-state index contributed by atoms with van der Waals surface area (Å²) in [6.45, 7) is 6.50. The standard InChI is InChI=1S/C29H32N4O8S/c1-16-11-13-21(14-12-16)27-31-33(29(42)32(27)22-9-7-6-8-10-22)28-24(30-17(2)34)26(40-20(5)37)25(39-19(4)36)23(41-28)15-38-18(3)35/h6-14,23-26,28H,15H2,1-5H3,(H,30,34)/t23-,24-,25-,26-,28-/m1/s1. The van der Waals surface area contributed by atoms with Crippen molar-refractivity contribution in [2.24, 2.45) is 0 Å². The van der Waals surface area contributed by atoms with Crippen molar-refractivity contribution >= 4 is 36.0 Å². The number of aryl methyl sites for hydroxylation is 1. The number of nitrogens with one attached hydrogen (secondary N) is 1. The van der Waals surface area contributed by atoms with E-state index in [1.807, 2.05) is 61.5 Å². The Morgan fingerprint density at radius 2 is 1.52 bits per heavy atom. The number of para-hydroxylation sites is 1. The van der Waals surface area contributed by atoms with E-state index in [2.05, 4.69) is 5.32 Å². The van der Waals surface area contributed by atoms with E-state index in [1.54, 1.807) is 4.57 Å². The van der Waals surface area contributed by atoms with Crippen molar-refractivity contribution in [3.05, 3.63) is 64.9 Å². The van der Waals surface area contributed by atoms with Crippen molar-refractivity contribution in [2.75, 3.05) is 6.61 Å². The second kappa shape index (κ2) is 13.1. The molecule has 13 heteroatoms. The van der Waals surface area contributed by atoms with E-state index in [1.165, 1.54) is 32.4 Å². The van der Waals surface area contributed by atoms with Gasteiger partial charge in [-0.2, -0.15) is 0 Å². The van der Waals surface area contributed by atoms with Crippen LogP contribution in [0, 0.1) is 11.7 Å². The molecule has 222 valence electrons. The molecule has 4 rings (SSSR count). The number of hydrogen-bond acceptors (Lipinski definition) is 10. The van der Waals surface area contributed by atoms with Gasteiger partial charge in [0.05, 0.1) is 0 Å². The molecule has 1 aromatic heterocycles. The molecule has 1 fully saturated rings. The van der Waals surface area contributed by atoms with E-state index in [9.17, 15) is 19.2 Å². The number of aromatic nitrogens is 3. The number of esters is 3. The van der Waals surface area contributed by atoms with Crippen molar-refractivity contribution in [2.45, 2.75) is 65.2 Å². The fraction of sp³-hybridized carbons (Fsp3) is 0.379. The molecule has 1 saturated heterocycles. The zero-order valence-electron chi connectivity index (χ0n) is 23.8. The Kier molecular flexibility index (Phi) is 9.53. The highest BCUT2D eigenvalue weighted by Gasteiger charge is 2.52. The first-order valence-corrected chi connectivity index (χ1v) is 13.6. The third-order valence-electron chi connectivity index (χ3n) is 6.46. The number of ether oxygens (including phenoxy) is 4. The molecule has 2 heterocycles. The molecule has 0 saturated carbocycles. The van der Waals surface area contributed by atoms with E-state index in [0.717, 1.165) is 16.8 Å². The van der Waals surface area contributed by atoms with Gasteiger partial charge in [0.25, 0.3) is 0 Å². The van der Waals surface area contributed by atoms with Crippen molar-refractivity contribution in [1.29, 1.82) is 0 Å². The van der Waals surface area contributed by atoms with E-state index < -0.39 is 54.4 Å². The van der Waals surface area contributed by atoms with Gasteiger partial charge in [0.1, 0.15) is 18.8 Å². The van der Waals surface area contributed by atoms with Gasteiger partial charge in [0.15, 0.2) is 24.3 Å². The van der Waals surface area contributed by atoms with Gasteiger partial charge in [0.2, 0.25) is 10.7 Å². The SMILES string of the molecule is CC(=O)N[C@@H]1[C@@H](OC(C)=O)[C@H](OC(C)=O)[C@@H](COC(C)=O)O[C@H]1n1nc(-c2ccc(C)cc2)n(-c2ccccc2)c1=S. The lowest BCUT2D eigenvalue weighted by Crippen LogP contribution is -2.64. The average molecular weight is 597 g/mol. The minimum Gasteiger partial charge on any atom is -0.463 e. The van der Waals surface area contributed by atoms with Gasteiger partial charge in [-0.15, -0.1) is 5.10 Å². The highest BCUT2D eigenvalue weighted by molar-refractivity contribution is 7.71. The van der Waals surface area contributed by atoms with Crippen molar-refractivity contribution in [1.82, 2.24) is 19.7 Å². The number of hydrogen-bond donors (Lipinski definition) is 1. The Bertz CT molecular complexity index is 1520. The maximum Gasteiger partial charge on any atom is 0.303 e. The van der Waals surface area contributed by atoms with Gasteiger partial charge in [-0.05, 0) is 31.3 Å². The lowest BCUT2D eigenvalue weighted by molar-refractivity contribution is -0.239. The summed E-state index contributed by atoms with van der Waals surface area (Å²) in [5.74, 6) is -1.98. The van der Waals surface area contributed by atoms with E-state index in [0.29, 0.717) is 5.82 Å². The molecule has 12 nitrogen and oxygen atoms in total. The zero-order chi connectivity index (χ0) is 30.6. The molecule has 0 aliphatic carbocycles. The molecule has 0 radical (unpaired) electrons. The summed E-state index contributed by atoms with van der Waals surface area (Å²) in [7, 11) is 0. The lowest BCUT2D eigenvalue weighted by Gasteiger charge is -2.45. The monoisotopic (exact) mass is 596 g/mol. The fourth-order valence-corrected chi connectivity index (χ4v) is 5.10. The third-order valence-corrected chi connectivity index (χ3v) is 6.83. The molecule has 0 bridgehead atoms. The summed E-state index contributed by atoms with van der Waals surface area (Å²) in [6, 6.07) is 15.9. The largest absolute Gasteiger partial charge is 0.463 e. The summed E-state index contributed by atoms with van der Waals surface area (Å²) in [6.07, 6.45) is -4.77. The summed E-state index contributed by atoms with van der Waals surface area (Å²) in [5, 5.41) is 7.60. The van der Waals surface area contributed by atoms with Gasteiger partial charge in [-0.1, -0.05) is 48.0 Å². The molecule has 1 aliphatic rings. The molecule has 0 spiro atoms. The molecular weight excluding hydrogens is 564 g/mol. The van der Waals surface area contributed by atoms with Crippen LogP contribution in [-0.4, -0.2) is 69.1 Å². The predicted octanol–water partition coefficient (Wildman–Crippen LogP) is 3.21. The number of carbonyl (C=O) groups excluding carboxylic acids is 4. The summed E-state index contributed by atoms with van der Waals surface area (Å²) in [4.78, 5) is 48.5. The van der Waals surface area contributed by atoms with Crippen molar-refractivity contribution < 1.29 is 38.1 Å². The second-order valence-electron chi connectivity index (χ2n) is 9.83. The van der Waals surface area contributed by atoms with Crippen molar-refractivity contribution in [3.8, 4) is 17.1 Å². The number of carbonyl (C=O) groups is 4. The van der Waals surface area contributed by atoms with Crippen LogP contribution in [0.3, 0.4) is 0 Å². The Labute approximate surface area is 247 Å². The Morgan fingerprint density at radius 3 is 2.10 bits per heavy atom. The molecule has 2 aromatic carbocycles. The highest BCUT2D eigenvalue weighted by Crippen LogP contribution is 2.34. The number of benzene rings is 2. The number of nitrogens with zero attached hydrogens (tertiary/aromatic N) is 3. The van der Waals surface area contributed by atoms with Gasteiger partial charge < -0.3 is 24.3 Å². The first-order valence-electron chi connectivity index (χ1n) is 13.2. The van der Waals surface area contributed by atoms with Crippen LogP contribution in [0.15, 0.2) is 54.6 Å². The smallest absolute Gasteiger partial charge is 0.303 e. The van der Waals surface area contributed by atoms with E-state index in [4.69, 9.17) is 36.3 Å². The average Bonchev–Trinajstić information content (AvgIpc) is 3.26. The lowest BCUT2D eigenvalue weighted by atomic mass is 9.95. The predicted molar refractivity (Wildman–Crippen MR) is 152 cm³/mol. The number of amides is 1. The zero-order valence-corrected chi connectivity index (χ0v) is 24.6. The summed E-state index contributed by atoms with van der Waals surface area (Å²) >= 11 is 5.93. The van der Waals surface area contributed by atoms with Crippen molar-refractivity contribution in [3.63, 3.8) is 0 Å². The Morgan fingerprint density at radius 1 is 0.905 bits per heavy atom. The normalized spacial score (nSPS) is 21.7. The van der Waals surface area contributed by atoms with Gasteiger partial charge in [-0.25, -0.2) is 4.68 Å². The van der Waals surface area contributed by atoms with Crippen LogP contribution in [0.25, 0.3) is 17.1 Å². The van der Waals surface area contributed by atoms with Gasteiger partial charge in [0, 0.05) is 38.9 Å². The van der Waals surface area contributed by atoms with Crippen LogP contribution in [0.2, 0.25) is 0 Å². The third kappa shape index (κ3) is 6.92. The Hall–Kier alpha value is -4.36. The maximum absolute atomic E-state index is 12.4. The molecule has 42 heavy (non-hydrogen) atoms. The van der Waals surface area contributed by atoms with Crippen LogP contribution < -0.4 is 5.32 Å². The fourth-order valence-electron chi connectivity index (χ4n) is 4.77. The second-order valence-corrected chi connectivity index (χ2v) is 10.2. The topological polar surface area (TPSA) is 140 Å². The molecule has 3 aromatic rings. The van der Waals surface area contributed by atoms with Crippen LogP contribution in [0.5, 0.6) is 0 Å².